The van der Waals surface area contributed by atoms with Crippen LogP contribution in [0.5, 0.6) is 0 Å². The Balaban J connectivity index is 2.43. The first-order valence-corrected chi connectivity index (χ1v) is 7.98. The molecule has 25 heavy (non-hydrogen) atoms. The van der Waals surface area contributed by atoms with Crippen LogP contribution in [0.25, 0.3) is 0 Å². The van der Waals surface area contributed by atoms with Gasteiger partial charge < -0.3 is 4.74 Å². The lowest BCUT2D eigenvalue weighted by Crippen LogP contribution is -2.36. The number of alkyl halides is 4. The number of rotatable bonds is 4. The highest BCUT2D eigenvalue weighted by atomic mass is 35.5. The molecule has 0 N–H and O–H groups in total. The fraction of sp³-hybridized carbons (Fsp3) is 0.438. The van der Waals surface area contributed by atoms with E-state index in [0.29, 0.717) is 0 Å². The molecule has 1 aromatic carbocycles. The predicted molar refractivity (Wildman–Crippen MR) is 81.7 cm³/mol. The summed E-state index contributed by atoms with van der Waals surface area (Å²) in [6, 6.07) is 4.34. The van der Waals surface area contributed by atoms with Crippen LogP contribution in [-0.2, 0) is 25.3 Å². The van der Waals surface area contributed by atoms with Gasteiger partial charge in [-0.3, -0.25) is 19.3 Å². The van der Waals surface area contributed by atoms with E-state index in [1.807, 2.05) is 0 Å². The van der Waals surface area contributed by atoms with E-state index >= 15 is 0 Å². The molecule has 1 aliphatic rings. The van der Waals surface area contributed by atoms with Gasteiger partial charge in [-0.15, -0.1) is 11.6 Å². The molecule has 0 spiro atoms. The average Bonchev–Trinajstić information content (AvgIpc) is 2.91. The van der Waals surface area contributed by atoms with Gasteiger partial charge >= 0.3 is 12.1 Å². The summed E-state index contributed by atoms with van der Waals surface area (Å²) < 4.78 is 43.6. The van der Waals surface area contributed by atoms with E-state index in [2.05, 4.69) is 0 Å². The summed E-state index contributed by atoms with van der Waals surface area (Å²) >= 11 is 5.46. The third-order valence-corrected chi connectivity index (χ3v) is 4.14. The lowest BCUT2D eigenvalue weighted by Gasteiger charge is -2.17. The molecule has 136 valence electrons. The van der Waals surface area contributed by atoms with Crippen LogP contribution in [0.4, 0.5) is 13.2 Å². The van der Waals surface area contributed by atoms with Crippen LogP contribution in [0, 0.1) is 5.92 Å². The first-order valence-electron chi connectivity index (χ1n) is 7.44. The molecular formula is C16H15ClF3NO4. The predicted octanol–water partition coefficient (Wildman–Crippen LogP) is 2.58. The first kappa shape index (κ1) is 19.2. The summed E-state index contributed by atoms with van der Waals surface area (Å²) in [5, 5.41) is 0. The van der Waals surface area contributed by atoms with Crippen LogP contribution in [0.3, 0.4) is 0 Å². The van der Waals surface area contributed by atoms with Crippen molar-refractivity contribution in [2.24, 2.45) is 5.92 Å². The van der Waals surface area contributed by atoms with Crippen molar-refractivity contribution < 1.29 is 32.3 Å². The van der Waals surface area contributed by atoms with Crippen LogP contribution in [0.1, 0.15) is 24.0 Å². The summed E-state index contributed by atoms with van der Waals surface area (Å²) in [4.78, 5) is 37.1. The summed E-state index contributed by atoms with van der Waals surface area (Å²) in [7, 11) is 0. The minimum Gasteiger partial charge on any atom is -0.465 e. The highest BCUT2D eigenvalue weighted by Crippen LogP contribution is 2.37. The van der Waals surface area contributed by atoms with Crippen LogP contribution < -0.4 is 0 Å². The zero-order valence-corrected chi connectivity index (χ0v) is 13.9. The third kappa shape index (κ3) is 3.95. The standard InChI is InChI=1S/C16H15ClF3NO4/c1-2-25-15(24)13-11(8-21(14(13)23)12(22)7-17)9-4-3-5-10(6-9)16(18,19)20/h3-6,11,13H,2,7-8H2,1H3. The maximum Gasteiger partial charge on any atom is 0.416 e. The number of esters is 1. The number of halogens is 4. The Bertz CT molecular complexity index is 692. The second-order valence-electron chi connectivity index (χ2n) is 5.44. The van der Waals surface area contributed by atoms with Gasteiger partial charge in [0.25, 0.3) is 0 Å². The van der Waals surface area contributed by atoms with Crippen LogP contribution >= 0.6 is 11.6 Å². The topological polar surface area (TPSA) is 63.7 Å². The van der Waals surface area contributed by atoms with Gasteiger partial charge in [0.2, 0.25) is 11.8 Å². The molecule has 1 aliphatic heterocycles. The number of imide groups is 1. The summed E-state index contributed by atoms with van der Waals surface area (Å²) in [6.07, 6.45) is -4.57. The van der Waals surface area contributed by atoms with Gasteiger partial charge in [0.05, 0.1) is 12.2 Å². The molecule has 0 saturated carbocycles. The van der Waals surface area contributed by atoms with Crippen molar-refractivity contribution in [2.75, 3.05) is 19.0 Å². The van der Waals surface area contributed by atoms with Crippen molar-refractivity contribution in [2.45, 2.75) is 19.0 Å². The van der Waals surface area contributed by atoms with E-state index in [-0.39, 0.29) is 18.7 Å². The molecule has 0 bridgehead atoms. The van der Waals surface area contributed by atoms with Crippen molar-refractivity contribution in [1.29, 1.82) is 0 Å². The van der Waals surface area contributed by atoms with Gasteiger partial charge in [-0.2, -0.15) is 13.2 Å². The van der Waals surface area contributed by atoms with Gasteiger partial charge in [-0.05, 0) is 18.6 Å². The van der Waals surface area contributed by atoms with E-state index in [0.717, 1.165) is 17.0 Å². The molecule has 2 amide bonds. The molecule has 0 aliphatic carbocycles. The van der Waals surface area contributed by atoms with Gasteiger partial charge in [-0.25, -0.2) is 0 Å². The largest absolute Gasteiger partial charge is 0.465 e. The van der Waals surface area contributed by atoms with E-state index < -0.39 is 47.2 Å². The Morgan fingerprint density at radius 1 is 1.36 bits per heavy atom. The fourth-order valence-electron chi connectivity index (χ4n) is 2.77. The maximum atomic E-state index is 12.9. The second kappa shape index (κ2) is 7.43. The minimum atomic E-state index is -4.57. The summed E-state index contributed by atoms with van der Waals surface area (Å²) in [5.74, 6) is -5.19. The van der Waals surface area contributed by atoms with Crippen molar-refractivity contribution in [3.8, 4) is 0 Å². The number of benzene rings is 1. The third-order valence-electron chi connectivity index (χ3n) is 3.91. The molecule has 2 rings (SSSR count). The monoisotopic (exact) mass is 377 g/mol. The number of hydrogen-bond acceptors (Lipinski definition) is 4. The normalized spacial score (nSPS) is 20.7. The van der Waals surface area contributed by atoms with Crippen molar-refractivity contribution in [3.63, 3.8) is 0 Å². The van der Waals surface area contributed by atoms with Gasteiger partial charge in [0.1, 0.15) is 11.8 Å². The van der Waals surface area contributed by atoms with E-state index in [1.165, 1.54) is 19.1 Å². The number of carbonyl (C=O) groups excluding carboxylic acids is 3. The van der Waals surface area contributed by atoms with Crippen molar-refractivity contribution >= 4 is 29.4 Å². The van der Waals surface area contributed by atoms with E-state index in [9.17, 15) is 27.6 Å². The Labute approximate surface area is 146 Å². The number of ether oxygens (including phenoxy) is 1. The molecule has 0 radical (unpaired) electrons. The lowest BCUT2D eigenvalue weighted by atomic mass is 9.87. The van der Waals surface area contributed by atoms with Crippen LogP contribution in [0.2, 0.25) is 0 Å². The fourth-order valence-corrected chi connectivity index (χ4v) is 2.91. The molecular weight excluding hydrogens is 363 g/mol. The first-order chi connectivity index (χ1) is 11.7. The van der Waals surface area contributed by atoms with E-state index in [1.54, 1.807) is 0 Å². The number of likely N-dealkylation sites (tertiary alicyclic amines) is 1. The molecule has 5 nitrogen and oxygen atoms in total. The van der Waals surface area contributed by atoms with Crippen molar-refractivity contribution in [3.05, 3.63) is 35.4 Å². The SMILES string of the molecule is CCOC(=O)C1C(=O)N(C(=O)CCl)CC1c1cccc(C(F)(F)F)c1. The molecule has 2 atom stereocenters. The molecule has 1 aromatic rings. The molecule has 1 heterocycles. The number of amides is 2. The quantitative estimate of drug-likeness (QED) is 0.459. The number of nitrogens with zero attached hydrogens (tertiary/aromatic N) is 1. The van der Waals surface area contributed by atoms with Gasteiger partial charge in [0.15, 0.2) is 0 Å². The molecule has 1 fully saturated rings. The molecule has 0 aromatic heterocycles. The van der Waals surface area contributed by atoms with Crippen LogP contribution in [-0.4, -0.2) is 41.7 Å². The van der Waals surface area contributed by atoms with E-state index in [4.69, 9.17) is 16.3 Å². The summed E-state index contributed by atoms with van der Waals surface area (Å²) in [6.45, 7) is 1.31. The highest BCUT2D eigenvalue weighted by molar-refractivity contribution is 6.29. The lowest BCUT2D eigenvalue weighted by molar-refractivity contribution is -0.153. The number of hydrogen-bond donors (Lipinski definition) is 0. The van der Waals surface area contributed by atoms with Gasteiger partial charge in [-0.1, -0.05) is 18.2 Å². The molecule has 9 heteroatoms. The Kier molecular flexibility index (Phi) is 5.72. The minimum absolute atomic E-state index is 0.00137. The molecule has 2 unspecified atom stereocenters. The smallest absolute Gasteiger partial charge is 0.416 e. The van der Waals surface area contributed by atoms with Crippen molar-refractivity contribution in [1.82, 2.24) is 4.90 Å². The Morgan fingerprint density at radius 2 is 2.04 bits per heavy atom. The highest BCUT2D eigenvalue weighted by Gasteiger charge is 2.48. The second-order valence-corrected chi connectivity index (χ2v) is 5.70. The Hall–Kier alpha value is -2.09. The zero-order valence-electron chi connectivity index (χ0n) is 13.2. The Morgan fingerprint density at radius 3 is 2.60 bits per heavy atom. The van der Waals surface area contributed by atoms with Crippen LogP contribution in [0.15, 0.2) is 24.3 Å². The molecule has 1 saturated heterocycles. The number of carbonyl (C=O) groups is 3. The maximum absolute atomic E-state index is 12.9. The summed E-state index contributed by atoms with van der Waals surface area (Å²) in [5.41, 5.74) is -0.770. The zero-order chi connectivity index (χ0) is 18.8. The van der Waals surface area contributed by atoms with Gasteiger partial charge in [0, 0.05) is 12.5 Å². The average molecular weight is 378 g/mol.